The maximum absolute atomic E-state index is 11.3. The number of nitrogens with zero attached hydrogens (tertiary/aromatic N) is 4. The van der Waals surface area contributed by atoms with Gasteiger partial charge in [0.05, 0.1) is 0 Å². The van der Waals surface area contributed by atoms with Crippen molar-refractivity contribution in [3.05, 3.63) is 6.33 Å². The van der Waals surface area contributed by atoms with E-state index in [9.17, 15) is 4.79 Å². The number of anilines is 1. The summed E-state index contributed by atoms with van der Waals surface area (Å²) in [4.78, 5) is 16.7. The zero-order chi connectivity index (χ0) is 9.84. The minimum absolute atomic E-state index is 0.00704. The number of amides is 1. The number of nitrogens with two attached hydrogens (primary N) is 1. The van der Waals surface area contributed by atoms with Gasteiger partial charge in [-0.05, 0) is 6.92 Å². The molecule has 0 aliphatic carbocycles. The molecule has 6 heteroatoms. The van der Waals surface area contributed by atoms with Gasteiger partial charge in [0, 0.05) is 13.6 Å². The van der Waals surface area contributed by atoms with Crippen LogP contribution in [-0.4, -0.2) is 39.2 Å². The van der Waals surface area contributed by atoms with Gasteiger partial charge in [0.1, 0.15) is 12.9 Å². The standard InChI is InChI=1S/C7H13N5O/c1-3-11(2)6(13)4-12-5-9-7(8)10-12/h5H,3-4H2,1-2H3,(H2,8,10). The summed E-state index contributed by atoms with van der Waals surface area (Å²) in [6.45, 7) is 2.78. The summed E-state index contributed by atoms with van der Waals surface area (Å²) < 4.78 is 1.42. The van der Waals surface area contributed by atoms with Gasteiger partial charge in [-0.3, -0.25) is 4.79 Å². The molecule has 0 aliphatic rings. The van der Waals surface area contributed by atoms with E-state index in [1.54, 1.807) is 11.9 Å². The molecular formula is C7H13N5O. The third-order valence-electron chi connectivity index (χ3n) is 1.75. The highest BCUT2D eigenvalue weighted by molar-refractivity contribution is 5.75. The summed E-state index contributed by atoms with van der Waals surface area (Å²) in [5.74, 6) is 0.180. The molecule has 0 aromatic carbocycles. The lowest BCUT2D eigenvalue weighted by Gasteiger charge is -2.13. The molecule has 0 saturated heterocycles. The third kappa shape index (κ3) is 2.43. The van der Waals surface area contributed by atoms with E-state index >= 15 is 0 Å². The van der Waals surface area contributed by atoms with E-state index in [1.165, 1.54) is 11.0 Å². The van der Waals surface area contributed by atoms with Crippen LogP contribution in [0.25, 0.3) is 0 Å². The molecule has 1 amide bonds. The van der Waals surface area contributed by atoms with Crippen LogP contribution in [0.4, 0.5) is 5.95 Å². The first-order valence-electron chi connectivity index (χ1n) is 4.02. The van der Waals surface area contributed by atoms with E-state index in [2.05, 4.69) is 10.1 Å². The molecule has 1 aromatic rings. The van der Waals surface area contributed by atoms with E-state index in [1.807, 2.05) is 6.92 Å². The van der Waals surface area contributed by atoms with Gasteiger partial charge < -0.3 is 10.6 Å². The fourth-order valence-corrected chi connectivity index (χ4v) is 0.821. The predicted molar refractivity (Wildman–Crippen MR) is 47.7 cm³/mol. The van der Waals surface area contributed by atoms with Crippen molar-refractivity contribution in [1.29, 1.82) is 0 Å². The number of carbonyl (C=O) groups is 1. The Labute approximate surface area is 76.3 Å². The Bertz CT molecular complexity index is 295. The molecule has 0 atom stereocenters. The van der Waals surface area contributed by atoms with Crippen molar-refractivity contribution in [2.45, 2.75) is 13.5 Å². The predicted octanol–water partition coefficient (Wildman–Crippen LogP) is -0.661. The average molecular weight is 183 g/mol. The van der Waals surface area contributed by atoms with Gasteiger partial charge in [-0.1, -0.05) is 0 Å². The molecule has 1 rings (SSSR count). The molecule has 72 valence electrons. The van der Waals surface area contributed by atoms with Crippen LogP contribution in [0, 0.1) is 0 Å². The van der Waals surface area contributed by atoms with E-state index < -0.39 is 0 Å². The summed E-state index contributed by atoms with van der Waals surface area (Å²) in [6, 6.07) is 0. The molecule has 0 saturated carbocycles. The number of carbonyl (C=O) groups excluding carboxylic acids is 1. The van der Waals surface area contributed by atoms with E-state index in [-0.39, 0.29) is 18.4 Å². The Hall–Kier alpha value is -1.59. The zero-order valence-electron chi connectivity index (χ0n) is 7.77. The quantitative estimate of drug-likeness (QED) is 0.674. The highest BCUT2D eigenvalue weighted by atomic mass is 16.2. The van der Waals surface area contributed by atoms with Crippen molar-refractivity contribution >= 4 is 11.9 Å². The van der Waals surface area contributed by atoms with Crippen LogP contribution < -0.4 is 5.73 Å². The van der Waals surface area contributed by atoms with Crippen molar-refractivity contribution in [2.24, 2.45) is 0 Å². The van der Waals surface area contributed by atoms with E-state index in [0.717, 1.165) is 0 Å². The second kappa shape index (κ2) is 3.88. The normalized spacial score (nSPS) is 10.0. The third-order valence-corrected chi connectivity index (χ3v) is 1.75. The SMILES string of the molecule is CCN(C)C(=O)Cn1cnc(N)n1. The van der Waals surface area contributed by atoms with Crippen molar-refractivity contribution < 1.29 is 4.79 Å². The monoisotopic (exact) mass is 183 g/mol. The summed E-state index contributed by atoms with van der Waals surface area (Å²) in [5, 5.41) is 3.80. The molecular weight excluding hydrogens is 170 g/mol. The van der Waals surface area contributed by atoms with Crippen LogP contribution in [0.15, 0.2) is 6.33 Å². The Balaban J connectivity index is 2.54. The Morgan fingerprint density at radius 1 is 1.77 bits per heavy atom. The van der Waals surface area contributed by atoms with Gasteiger partial charge in [-0.15, -0.1) is 5.10 Å². The van der Waals surface area contributed by atoms with Crippen LogP contribution in [0.3, 0.4) is 0 Å². The molecule has 0 bridgehead atoms. The highest BCUT2D eigenvalue weighted by Crippen LogP contribution is 1.92. The summed E-state index contributed by atoms with van der Waals surface area (Å²) >= 11 is 0. The van der Waals surface area contributed by atoms with Gasteiger partial charge in [-0.25, -0.2) is 9.67 Å². The second-order valence-electron chi connectivity index (χ2n) is 2.71. The fraction of sp³-hybridized carbons (Fsp3) is 0.571. The Morgan fingerprint density at radius 2 is 2.46 bits per heavy atom. The molecule has 0 aliphatic heterocycles. The first kappa shape index (κ1) is 9.50. The molecule has 2 N–H and O–H groups in total. The highest BCUT2D eigenvalue weighted by Gasteiger charge is 2.07. The van der Waals surface area contributed by atoms with Crippen molar-refractivity contribution in [2.75, 3.05) is 19.3 Å². The number of hydrogen-bond acceptors (Lipinski definition) is 4. The van der Waals surface area contributed by atoms with Gasteiger partial charge in [0.25, 0.3) is 0 Å². The van der Waals surface area contributed by atoms with Gasteiger partial charge in [0.2, 0.25) is 11.9 Å². The van der Waals surface area contributed by atoms with Gasteiger partial charge in [0.15, 0.2) is 0 Å². The van der Waals surface area contributed by atoms with Crippen LogP contribution in [-0.2, 0) is 11.3 Å². The van der Waals surface area contributed by atoms with Crippen LogP contribution >= 0.6 is 0 Å². The van der Waals surface area contributed by atoms with Gasteiger partial charge >= 0.3 is 0 Å². The van der Waals surface area contributed by atoms with Crippen molar-refractivity contribution in [1.82, 2.24) is 19.7 Å². The first-order valence-corrected chi connectivity index (χ1v) is 4.02. The lowest BCUT2D eigenvalue weighted by molar-refractivity contribution is -0.130. The number of hydrogen-bond donors (Lipinski definition) is 1. The second-order valence-corrected chi connectivity index (χ2v) is 2.71. The van der Waals surface area contributed by atoms with Gasteiger partial charge in [-0.2, -0.15) is 0 Å². The summed E-state index contributed by atoms with van der Waals surface area (Å²) in [7, 11) is 1.74. The van der Waals surface area contributed by atoms with Crippen LogP contribution in [0.2, 0.25) is 0 Å². The number of rotatable bonds is 3. The molecule has 1 aromatic heterocycles. The maximum Gasteiger partial charge on any atom is 0.244 e. The first-order chi connectivity index (χ1) is 6.13. The topological polar surface area (TPSA) is 77.0 Å². The van der Waals surface area contributed by atoms with E-state index in [0.29, 0.717) is 6.54 Å². The minimum Gasteiger partial charge on any atom is -0.367 e. The molecule has 1 heterocycles. The minimum atomic E-state index is -0.00704. The molecule has 13 heavy (non-hydrogen) atoms. The zero-order valence-corrected chi connectivity index (χ0v) is 7.77. The average Bonchev–Trinajstić information content (AvgIpc) is 2.49. The lowest BCUT2D eigenvalue weighted by Crippen LogP contribution is -2.30. The molecule has 0 unspecified atom stereocenters. The fourth-order valence-electron chi connectivity index (χ4n) is 0.821. The number of nitrogen functional groups attached to an aromatic ring is 1. The Morgan fingerprint density at radius 3 is 2.92 bits per heavy atom. The van der Waals surface area contributed by atoms with Crippen molar-refractivity contribution in [3.8, 4) is 0 Å². The largest absolute Gasteiger partial charge is 0.367 e. The van der Waals surface area contributed by atoms with E-state index in [4.69, 9.17) is 5.73 Å². The number of aromatic nitrogens is 3. The number of likely N-dealkylation sites (N-methyl/N-ethyl adjacent to an activating group) is 1. The maximum atomic E-state index is 11.3. The van der Waals surface area contributed by atoms with Crippen LogP contribution in [0.5, 0.6) is 0 Å². The lowest BCUT2D eigenvalue weighted by atomic mass is 10.5. The summed E-state index contributed by atoms with van der Waals surface area (Å²) in [5.41, 5.74) is 5.29. The smallest absolute Gasteiger partial charge is 0.244 e. The molecule has 0 radical (unpaired) electrons. The molecule has 6 nitrogen and oxygen atoms in total. The Kier molecular flexibility index (Phi) is 2.84. The summed E-state index contributed by atoms with van der Waals surface area (Å²) in [6.07, 6.45) is 1.44. The molecule has 0 spiro atoms. The van der Waals surface area contributed by atoms with Crippen LogP contribution in [0.1, 0.15) is 6.92 Å². The molecule has 0 fully saturated rings. The van der Waals surface area contributed by atoms with Crippen molar-refractivity contribution in [3.63, 3.8) is 0 Å².